The number of ether oxygens (including phenoxy) is 5. The normalized spacial score (nSPS) is 15.7. The van der Waals surface area contributed by atoms with Crippen molar-refractivity contribution >= 4 is 34.5 Å². The summed E-state index contributed by atoms with van der Waals surface area (Å²) in [6, 6.07) is 10.5. The van der Waals surface area contributed by atoms with Crippen molar-refractivity contribution in [3.8, 4) is 23.0 Å². The summed E-state index contributed by atoms with van der Waals surface area (Å²) in [5.41, 5.74) is 1.18. The van der Waals surface area contributed by atoms with E-state index in [0.717, 1.165) is 11.8 Å². The molecule has 3 rings (SSSR count). The van der Waals surface area contributed by atoms with Crippen LogP contribution in [0.25, 0.3) is 6.08 Å². The molecule has 0 radical (unpaired) electrons. The molecule has 1 heterocycles. The van der Waals surface area contributed by atoms with E-state index in [1.165, 1.54) is 14.2 Å². The minimum atomic E-state index is -0.664. The lowest BCUT2D eigenvalue weighted by atomic mass is 10.1. The molecule has 8 nitrogen and oxygen atoms in total. The van der Waals surface area contributed by atoms with Gasteiger partial charge in [-0.1, -0.05) is 23.9 Å². The summed E-state index contributed by atoms with van der Waals surface area (Å²) >= 11 is 1.14. The van der Waals surface area contributed by atoms with Crippen LogP contribution in [-0.2, 0) is 9.53 Å². The largest absolute Gasteiger partial charge is 0.506 e. The zero-order valence-electron chi connectivity index (χ0n) is 19.0. The number of carbonyl (C=O) groups excluding carboxylic acids is 1. The highest BCUT2D eigenvalue weighted by Crippen LogP contribution is 2.43. The first kappa shape index (κ1) is 24.1. The zero-order valence-corrected chi connectivity index (χ0v) is 19.8. The third-order valence-electron chi connectivity index (χ3n) is 4.69. The number of aliphatic imine (C=N–C) groups is 1. The Hall–Kier alpha value is -3.59. The number of methoxy groups -OCH3 is 4. The summed E-state index contributed by atoms with van der Waals surface area (Å²) in [5, 5.41) is 11.2. The molecule has 174 valence electrons. The van der Waals surface area contributed by atoms with E-state index in [1.54, 1.807) is 57.6 Å². The van der Waals surface area contributed by atoms with Gasteiger partial charge in [0.05, 0.1) is 45.6 Å². The first-order valence-corrected chi connectivity index (χ1v) is 10.8. The smallest absolute Gasteiger partial charge is 0.344 e. The number of aliphatic hydroxyl groups is 1. The highest BCUT2D eigenvalue weighted by atomic mass is 32.2. The molecule has 0 spiro atoms. The number of carbonyl (C=O) groups is 1. The van der Waals surface area contributed by atoms with Crippen molar-refractivity contribution in [2.45, 2.75) is 6.92 Å². The summed E-state index contributed by atoms with van der Waals surface area (Å²) in [7, 11) is 6.14. The molecule has 0 saturated carbocycles. The molecule has 0 bridgehead atoms. The van der Waals surface area contributed by atoms with Crippen LogP contribution in [0, 0.1) is 0 Å². The SMILES string of the molecule is CCOC(=O)C1=C(O)/C(=C\c2cccc(OC)c2OC)SC1=Nc1ccc(OC)c(OC)c1. The Kier molecular flexibility index (Phi) is 7.89. The van der Waals surface area contributed by atoms with Gasteiger partial charge in [0, 0.05) is 11.6 Å². The van der Waals surface area contributed by atoms with Gasteiger partial charge in [-0.25, -0.2) is 9.79 Å². The Bertz CT molecular complexity index is 1140. The number of benzene rings is 2. The van der Waals surface area contributed by atoms with Crippen molar-refractivity contribution < 1.29 is 33.6 Å². The molecule has 0 aromatic heterocycles. The van der Waals surface area contributed by atoms with Gasteiger partial charge in [0.15, 0.2) is 23.0 Å². The van der Waals surface area contributed by atoms with Gasteiger partial charge in [-0.05, 0) is 31.2 Å². The fraction of sp³-hybridized carbons (Fsp3) is 0.250. The Morgan fingerprint density at radius 3 is 2.36 bits per heavy atom. The first-order chi connectivity index (χ1) is 16.0. The van der Waals surface area contributed by atoms with Crippen molar-refractivity contribution in [2.24, 2.45) is 4.99 Å². The number of hydrogen-bond donors (Lipinski definition) is 1. The lowest BCUT2D eigenvalue weighted by Crippen LogP contribution is -2.12. The molecule has 1 N–H and O–H groups in total. The van der Waals surface area contributed by atoms with Gasteiger partial charge >= 0.3 is 5.97 Å². The second kappa shape index (κ2) is 10.8. The van der Waals surface area contributed by atoms with E-state index in [9.17, 15) is 9.90 Å². The maximum atomic E-state index is 12.7. The second-order valence-corrected chi connectivity index (χ2v) is 7.62. The molecule has 9 heteroatoms. The summed E-state index contributed by atoms with van der Waals surface area (Å²) < 4.78 is 26.6. The Morgan fingerprint density at radius 2 is 1.73 bits per heavy atom. The molecule has 0 atom stereocenters. The molecular formula is C24H25NO7S. The van der Waals surface area contributed by atoms with Crippen molar-refractivity contribution in [3.05, 3.63) is 58.2 Å². The first-order valence-electron chi connectivity index (χ1n) is 9.99. The van der Waals surface area contributed by atoms with E-state index < -0.39 is 5.97 Å². The molecule has 0 unspecified atom stereocenters. The van der Waals surface area contributed by atoms with Crippen molar-refractivity contribution in [1.29, 1.82) is 0 Å². The molecule has 1 aliphatic heterocycles. The molecule has 0 saturated heterocycles. The van der Waals surface area contributed by atoms with E-state index in [4.69, 9.17) is 23.7 Å². The fourth-order valence-electron chi connectivity index (χ4n) is 3.17. The van der Waals surface area contributed by atoms with Gasteiger partial charge in [0.25, 0.3) is 0 Å². The number of aliphatic hydroxyl groups excluding tert-OH is 1. The average molecular weight is 472 g/mol. The molecule has 0 amide bonds. The predicted octanol–water partition coefficient (Wildman–Crippen LogP) is 4.91. The topological polar surface area (TPSA) is 95.8 Å². The predicted molar refractivity (Wildman–Crippen MR) is 128 cm³/mol. The summed E-state index contributed by atoms with van der Waals surface area (Å²) in [6.07, 6.45) is 1.71. The monoisotopic (exact) mass is 471 g/mol. The van der Waals surface area contributed by atoms with Gasteiger partial charge in [0.2, 0.25) is 0 Å². The highest BCUT2D eigenvalue weighted by Gasteiger charge is 2.33. The standard InChI is InChI=1S/C24H25NO7S/c1-6-32-24(27)20-21(26)19(12-14-8-7-9-17(29-3)22(14)31-5)33-23(20)25-15-10-11-16(28-2)18(13-15)30-4/h7-13,26H,6H2,1-5H3/b19-12+,25-23?. The van der Waals surface area contributed by atoms with E-state index in [0.29, 0.717) is 44.2 Å². The third-order valence-corrected chi connectivity index (χ3v) is 5.71. The molecule has 33 heavy (non-hydrogen) atoms. The van der Waals surface area contributed by atoms with Crippen LogP contribution >= 0.6 is 11.8 Å². The lowest BCUT2D eigenvalue weighted by Gasteiger charge is -2.10. The van der Waals surface area contributed by atoms with Crippen LogP contribution in [0.1, 0.15) is 12.5 Å². The molecule has 1 aliphatic rings. The number of hydrogen-bond acceptors (Lipinski definition) is 9. The molecule has 0 fully saturated rings. The quantitative estimate of drug-likeness (QED) is 0.543. The lowest BCUT2D eigenvalue weighted by molar-refractivity contribution is -0.138. The minimum Gasteiger partial charge on any atom is -0.506 e. The van der Waals surface area contributed by atoms with Crippen LogP contribution in [0.4, 0.5) is 5.69 Å². The van der Waals surface area contributed by atoms with Crippen LogP contribution in [0.3, 0.4) is 0 Å². The Balaban J connectivity index is 2.10. The molecule has 2 aromatic carbocycles. The van der Waals surface area contributed by atoms with Crippen LogP contribution in [0.2, 0.25) is 0 Å². The summed E-state index contributed by atoms with van der Waals surface area (Å²) in [6.45, 7) is 1.85. The zero-order chi connectivity index (χ0) is 24.0. The minimum absolute atomic E-state index is 0.00949. The van der Waals surface area contributed by atoms with Crippen LogP contribution in [0.5, 0.6) is 23.0 Å². The second-order valence-electron chi connectivity index (χ2n) is 6.59. The number of para-hydroxylation sites is 1. The van der Waals surface area contributed by atoms with Crippen molar-refractivity contribution in [1.82, 2.24) is 0 Å². The molecule has 2 aromatic rings. The maximum Gasteiger partial charge on any atom is 0.344 e. The van der Waals surface area contributed by atoms with E-state index in [1.807, 2.05) is 6.07 Å². The molecule has 0 aliphatic carbocycles. The van der Waals surface area contributed by atoms with E-state index in [-0.39, 0.29) is 17.9 Å². The number of thioether (sulfide) groups is 1. The van der Waals surface area contributed by atoms with Gasteiger partial charge in [-0.15, -0.1) is 0 Å². The highest BCUT2D eigenvalue weighted by molar-refractivity contribution is 8.18. The van der Waals surface area contributed by atoms with Crippen LogP contribution < -0.4 is 18.9 Å². The maximum absolute atomic E-state index is 12.7. The number of rotatable bonds is 8. The van der Waals surface area contributed by atoms with Crippen molar-refractivity contribution in [3.63, 3.8) is 0 Å². The fourth-order valence-corrected chi connectivity index (χ4v) is 4.20. The molecular weight excluding hydrogens is 446 g/mol. The average Bonchev–Trinajstić information content (AvgIpc) is 3.13. The summed E-state index contributed by atoms with van der Waals surface area (Å²) in [5.74, 6) is 1.21. The van der Waals surface area contributed by atoms with Gasteiger partial charge < -0.3 is 28.8 Å². The third kappa shape index (κ3) is 5.09. The number of esters is 1. The summed E-state index contributed by atoms with van der Waals surface area (Å²) in [4.78, 5) is 17.6. The van der Waals surface area contributed by atoms with Crippen LogP contribution in [0.15, 0.2) is 57.6 Å². The van der Waals surface area contributed by atoms with E-state index in [2.05, 4.69) is 4.99 Å². The van der Waals surface area contributed by atoms with Gasteiger partial charge in [0.1, 0.15) is 16.4 Å². The van der Waals surface area contributed by atoms with Crippen molar-refractivity contribution in [2.75, 3.05) is 35.0 Å². The van der Waals surface area contributed by atoms with Crippen LogP contribution in [-0.4, -0.2) is 51.2 Å². The Labute approximate surface area is 196 Å². The van der Waals surface area contributed by atoms with Gasteiger partial charge in [-0.3, -0.25) is 0 Å². The van der Waals surface area contributed by atoms with E-state index >= 15 is 0 Å². The number of nitrogens with zero attached hydrogens (tertiary/aromatic N) is 1. The van der Waals surface area contributed by atoms with Gasteiger partial charge in [-0.2, -0.15) is 0 Å². The Morgan fingerprint density at radius 1 is 1.00 bits per heavy atom.